The lowest BCUT2D eigenvalue weighted by atomic mass is 9.88. The van der Waals surface area contributed by atoms with Crippen molar-refractivity contribution in [3.63, 3.8) is 0 Å². The predicted molar refractivity (Wildman–Crippen MR) is 39.4 cm³/mol. The molecule has 0 spiro atoms. The zero-order valence-corrected chi connectivity index (χ0v) is 6.85. The van der Waals surface area contributed by atoms with Gasteiger partial charge in [-0.1, -0.05) is 13.3 Å². The molecule has 0 radical (unpaired) electrons. The number of hydrogen-bond donors (Lipinski definition) is 0. The Morgan fingerprint density at radius 1 is 1.55 bits per heavy atom. The standard InChI is InChI=1S/C7H7ClN2O/c1-2-3-7(4-9,5-10)6(8)11/h2-3H2,1H3. The Hall–Kier alpha value is -1.06. The summed E-state index contributed by atoms with van der Waals surface area (Å²) in [5, 5.41) is 16.1. The molecule has 0 aliphatic heterocycles. The molecular weight excluding hydrogens is 164 g/mol. The van der Waals surface area contributed by atoms with E-state index in [-0.39, 0.29) is 6.42 Å². The van der Waals surface area contributed by atoms with Crippen molar-refractivity contribution in [2.75, 3.05) is 0 Å². The fourth-order valence-electron chi connectivity index (χ4n) is 0.698. The summed E-state index contributed by atoms with van der Waals surface area (Å²) in [5.41, 5.74) is -1.63. The van der Waals surface area contributed by atoms with E-state index in [9.17, 15) is 4.79 Å². The Kier molecular flexibility index (Phi) is 3.57. The van der Waals surface area contributed by atoms with Crippen LogP contribution in [0.4, 0.5) is 0 Å². The van der Waals surface area contributed by atoms with E-state index in [1.807, 2.05) is 0 Å². The van der Waals surface area contributed by atoms with Crippen molar-refractivity contribution in [3.8, 4) is 12.1 Å². The Labute approximate surface area is 70.2 Å². The van der Waals surface area contributed by atoms with Crippen molar-refractivity contribution in [2.45, 2.75) is 19.8 Å². The highest BCUT2D eigenvalue weighted by atomic mass is 35.5. The van der Waals surface area contributed by atoms with Crippen molar-refractivity contribution in [3.05, 3.63) is 0 Å². The van der Waals surface area contributed by atoms with E-state index < -0.39 is 10.7 Å². The first-order valence-electron chi connectivity index (χ1n) is 3.15. The molecule has 11 heavy (non-hydrogen) atoms. The highest BCUT2D eigenvalue weighted by Gasteiger charge is 2.36. The Morgan fingerprint density at radius 3 is 2.09 bits per heavy atom. The number of hydrogen-bond acceptors (Lipinski definition) is 3. The van der Waals surface area contributed by atoms with Crippen LogP contribution < -0.4 is 0 Å². The lowest BCUT2D eigenvalue weighted by molar-refractivity contribution is -0.116. The number of carbonyl (C=O) groups is 1. The van der Waals surface area contributed by atoms with E-state index in [2.05, 4.69) is 0 Å². The van der Waals surface area contributed by atoms with Gasteiger partial charge in [0.1, 0.15) is 0 Å². The molecule has 0 aromatic heterocycles. The van der Waals surface area contributed by atoms with Crippen LogP contribution in [0.5, 0.6) is 0 Å². The van der Waals surface area contributed by atoms with Gasteiger partial charge in [-0.2, -0.15) is 10.5 Å². The molecule has 0 rings (SSSR count). The molecule has 0 aliphatic carbocycles. The summed E-state index contributed by atoms with van der Waals surface area (Å²) in [6.07, 6.45) is 0.780. The summed E-state index contributed by atoms with van der Waals surface area (Å²) in [7, 11) is 0. The van der Waals surface area contributed by atoms with E-state index in [0.29, 0.717) is 6.42 Å². The van der Waals surface area contributed by atoms with Gasteiger partial charge in [-0.3, -0.25) is 4.79 Å². The summed E-state index contributed by atoms with van der Waals surface area (Å²) in [6, 6.07) is 3.25. The largest absolute Gasteiger partial charge is 0.278 e. The van der Waals surface area contributed by atoms with E-state index >= 15 is 0 Å². The highest BCUT2D eigenvalue weighted by Crippen LogP contribution is 2.24. The Morgan fingerprint density at radius 2 is 2.00 bits per heavy atom. The molecule has 0 amide bonds. The first-order valence-corrected chi connectivity index (χ1v) is 3.53. The second kappa shape index (κ2) is 3.95. The first kappa shape index (κ1) is 9.94. The molecule has 0 saturated carbocycles. The van der Waals surface area contributed by atoms with Gasteiger partial charge in [0, 0.05) is 0 Å². The van der Waals surface area contributed by atoms with Gasteiger partial charge >= 0.3 is 0 Å². The first-order chi connectivity index (χ1) is 5.13. The zero-order chi connectivity index (χ0) is 8.91. The highest BCUT2D eigenvalue weighted by molar-refractivity contribution is 6.65. The number of carbonyl (C=O) groups excluding carboxylic acids is 1. The van der Waals surface area contributed by atoms with Crippen molar-refractivity contribution < 1.29 is 4.79 Å². The van der Waals surface area contributed by atoms with Crippen LogP contribution in [0.15, 0.2) is 0 Å². The minimum atomic E-state index is -1.63. The SMILES string of the molecule is CCCC(C#N)(C#N)C(=O)Cl. The van der Waals surface area contributed by atoms with Crippen molar-refractivity contribution in [2.24, 2.45) is 5.41 Å². The lowest BCUT2D eigenvalue weighted by Gasteiger charge is -2.10. The van der Waals surface area contributed by atoms with Crippen LogP contribution in [0.1, 0.15) is 19.8 Å². The normalized spacial score (nSPS) is 9.82. The summed E-state index contributed by atoms with van der Waals surface area (Å²) < 4.78 is 0. The summed E-state index contributed by atoms with van der Waals surface area (Å²) >= 11 is 5.10. The van der Waals surface area contributed by atoms with Gasteiger partial charge < -0.3 is 0 Å². The van der Waals surface area contributed by atoms with Crippen LogP contribution in [0.25, 0.3) is 0 Å². The molecule has 0 aromatic rings. The smallest absolute Gasteiger partial charge is 0.256 e. The van der Waals surface area contributed by atoms with Gasteiger partial charge in [0.15, 0.2) is 0 Å². The maximum atomic E-state index is 10.6. The molecule has 0 aromatic carbocycles. The van der Waals surface area contributed by atoms with Gasteiger partial charge in [-0.05, 0) is 18.0 Å². The van der Waals surface area contributed by atoms with Gasteiger partial charge in [-0.25, -0.2) is 0 Å². The predicted octanol–water partition coefficient (Wildman–Crippen LogP) is 1.59. The van der Waals surface area contributed by atoms with E-state index in [1.165, 1.54) is 0 Å². The fraction of sp³-hybridized carbons (Fsp3) is 0.571. The fourth-order valence-corrected chi connectivity index (χ4v) is 0.877. The van der Waals surface area contributed by atoms with Gasteiger partial charge in [0.2, 0.25) is 5.41 Å². The topological polar surface area (TPSA) is 64.7 Å². The van der Waals surface area contributed by atoms with Crippen LogP contribution in [0.3, 0.4) is 0 Å². The average Bonchev–Trinajstić information content (AvgIpc) is 2.00. The van der Waals surface area contributed by atoms with E-state index in [4.69, 9.17) is 22.1 Å². The average molecular weight is 171 g/mol. The molecule has 3 nitrogen and oxygen atoms in total. The van der Waals surface area contributed by atoms with Gasteiger partial charge in [0.25, 0.3) is 5.24 Å². The zero-order valence-electron chi connectivity index (χ0n) is 6.09. The molecule has 0 unspecified atom stereocenters. The van der Waals surface area contributed by atoms with E-state index in [1.54, 1.807) is 19.1 Å². The van der Waals surface area contributed by atoms with Crippen LogP contribution in [-0.2, 0) is 4.79 Å². The second-order valence-corrected chi connectivity index (χ2v) is 2.50. The molecule has 0 aliphatic rings. The number of rotatable bonds is 3. The quantitative estimate of drug-likeness (QED) is 0.604. The monoisotopic (exact) mass is 170 g/mol. The number of nitriles is 2. The summed E-state index contributed by atoms with van der Waals surface area (Å²) in [6.45, 7) is 1.78. The maximum Gasteiger partial charge on any atom is 0.256 e. The minimum absolute atomic E-state index is 0.197. The Balaban J connectivity index is 4.69. The molecule has 58 valence electrons. The van der Waals surface area contributed by atoms with Gasteiger partial charge in [-0.15, -0.1) is 0 Å². The molecule has 0 saturated heterocycles. The minimum Gasteiger partial charge on any atom is -0.278 e. The number of nitrogens with zero attached hydrogens (tertiary/aromatic N) is 2. The van der Waals surface area contributed by atoms with Crippen molar-refractivity contribution in [1.29, 1.82) is 10.5 Å². The molecule has 0 fully saturated rings. The third kappa shape index (κ3) is 1.93. The van der Waals surface area contributed by atoms with Crippen LogP contribution in [-0.4, -0.2) is 5.24 Å². The Bertz CT molecular complexity index is 222. The van der Waals surface area contributed by atoms with Crippen molar-refractivity contribution >= 4 is 16.8 Å². The lowest BCUT2D eigenvalue weighted by Crippen LogP contribution is -2.23. The maximum absolute atomic E-state index is 10.6. The van der Waals surface area contributed by atoms with Crippen LogP contribution >= 0.6 is 11.6 Å². The third-order valence-corrected chi connectivity index (χ3v) is 1.66. The third-order valence-electron chi connectivity index (χ3n) is 1.34. The van der Waals surface area contributed by atoms with E-state index in [0.717, 1.165) is 0 Å². The number of halogens is 1. The molecule has 0 N–H and O–H groups in total. The van der Waals surface area contributed by atoms with Gasteiger partial charge in [0.05, 0.1) is 12.1 Å². The van der Waals surface area contributed by atoms with Crippen LogP contribution in [0.2, 0.25) is 0 Å². The summed E-state index contributed by atoms with van der Waals surface area (Å²) in [4.78, 5) is 10.6. The molecule has 0 atom stereocenters. The molecular formula is C7H7ClN2O. The second-order valence-electron chi connectivity index (χ2n) is 2.15. The molecule has 0 bridgehead atoms. The molecule has 0 heterocycles. The summed E-state index contributed by atoms with van der Waals surface area (Å²) in [5.74, 6) is 0. The molecule has 4 heteroatoms. The van der Waals surface area contributed by atoms with Crippen molar-refractivity contribution in [1.82, 2.24) is 0 Å². The van der Waals surface area contributed by atoms with Crippen LogP contribution in [0, 0.1) is 28.1 Å².